The van der Waals surface area contributed by atoms with Gasteiger partial charge >= 0.3 is 5.97 Å². The van der Waals surface area contributed by atoms with E-state index < -0.39 is 11.9 Å². The monoisotopic (exact) mass is 247 g/mol. The van der Waals surface area contributed by atoms with Gasteiger partial charge in [-0.05, 0) is 25.0 Å². The number of benzene rings is 1. The number of hydrogen-bond acceptors (Lipinski definition) is 2. The number of aliphatic carboxylic acids is 1. The summed E-state index contributed by atoms with van der Waals surface area (Å²) in [4.78, 5) is 24.9. The van der Waals surface area contributed by atoms with Crippen LogP contribution in [0.5, 0.6) is 0 Å². The van der Waals surface area contributed by atoms with E-state index in [1.54, 1.807) is 17.0 Å². The van der Waals surface area contributed by atoms with Crippen molar-refractivity contribution in [2.75, 3.05) is 13.1 Å². The zero-order valence-corrected chi connectivity index (χ0v) is 10.6. The first-order chi connectivity index (χ1) is 8.49. The molecule has 1 fully saturated rings. The van der Waals surface area contributed by atoms with Crippen molar-refractivity contribution >= 4 is 11.9 Å². The second-order valence-electron chi connectivity index (χ2n) is 5.00. The Morgan fingerprint density at radius 3 is 2.33 bits per heavy atom. The van der Waals surface area contributed by atoms with Gasteiger partial charge in [-0.15, -0.1) is 0 Å². The molecule has 0 spiro atoms. The number of aryl methyl sites for hydroxylation is 1. The highest BCUT2D eigenvalue weighted by Gasteiger charge is 2.37. The first-order valence-electron chi connectivity index (χ1n) is 6.08. The molecule has 18 heavy (non-hydrogen) atoms. The van der Waals surface area contributed by atoms with E-state index in [1.165, 1.54) is 0 Å². The van der Waals surface area contributed by atoms with Gasteiger partial charge < -0.3 is 10.0 Å². The van der Waals surface area contributed by atoms with E-state index >= 15 is 0 Å². The van der Waals surface area contributed by atoms with Crippen LogP contribution in [0.25, 0.3) is 0 Å². The number of carboxylic acid groups (broad SMARTS) is 1. The molecule has 96 valence electrons. The fourth-order valence-electron chi connectivity index (χ4n) is 2.33. The van der Waals surface area contributed by atoms with Crippen LogP contribution >= 0.6 is 0 Å². The molecule has 2 atom stereocenters. The lowest BCUT2D eigenvalue weighted by Gasteiger charge is -2.15. The molecule has 2 unspecified atom stereocenters. The Morgan fingerprint density at radius 1 is 1.22 bits per heavy atom. The molecular formula is C14H17NO3. The number of hydrogen-bond donors (Lipinski definition) is 1. The van der Waals surface area contributed by atoms with Crippen LogP contribution in [0.15, 0.2) is 24.3 Å². The maximum Gasteiger partial charge on any atom is 0.308 e. The Hall–Kier alpha value is -1.84. The highest BCUT2D eigenvalue weighted by Crippen LogP contribution is 2.24. The molecule has 1 aliphatic heterocycles. The fraction of sp³-hybridized carbons (Fsp3) is 0.429. The van der Waals surface area contributed by atoms with E-state index in [9.17, 15) is 9.59 Å². The molecule has 1 N–H and O–H groups in total. The van der Waals surface area contributed by atoms with Crippen LogP contribution < -0.4 is 0 Å². The summed E-state index contributed by atoms with van der Waals surface area (Å²) in [6, 6.07) is 7.36. The number of likely N-dealkylation sites (tertiary alicyclic amines) is 1. The maximum atomic E-state index is 12.2. The van der Waals surface area contributed by atoms with Crippen molar-refractivity contribution in [1.29, 1.82) is 0 Å². The zero-order valence-electron chi connectivity index (χ0n) is 10.6. The van der Waals surface area contributed by atoms with E-state index in [4.69, 9.17) is 5.11 Å². The molecular weight excluding hydrogens is 230 g/mol. The molecule has 0 radical (unpaired) electrons. The Balaban J connectivity index is 2.12. The van der Waals surface area contributed by atoms with E-state index in [1.807, 2.05) is 26.0 Å². The zero-order chi connectivity index (χ0) is 13.3. The van der Waals surface area contributed by atoms with Crippen LogP contribution in [-0.4, -0.2) is 35.0 Å². The highest BCUT2D eigenvalue weighted by molar-refractivity contribution is 5.94. The van der Waals surface area contributed by atoms with Gasteiger partial charge in [0.1, 0.15) is 0 Å². The van der Waals surface area contributed by atoms with E-state index in [2.05, 4.69) is 0 Å². The van der Waals surface area contributed by atoms with Crippen molar-refractivity contribution in [2.24, 2.45) is 11.8 Å². The first-order valence-corrected chi connectivity index (χ1v) is 6.08. The third kappa shape index (κ3) is 2.37. The van der Waals surface area contributed by atoms with Crippen LogP contribution in [0.3, 0.4) is 0 Å². The van der Waals surface area contributed by atoms with Gasteiger partial charge in [-0.25, -0.2) is 0 Å². The Labute approximate surface area is 106 Å². The summed E-state index contributed by atoms with van der Waals surface area (Å²) in [7, 11) is 0. The molecule has 2 rings (SSSR count). The molecule has 1 amide bonds. The number of rotatable bonds is 2. The SMILES string of the molecule is Cc1ccc(C(=O)N2CC(C)C(C(=O)O)C2)cc1. The van der Waals surface area contributed by atoms with Gasteiger partial charge in [-0.3, -0.25) is 9.59 Å². The fourth-order valence-corrected chi connectivity index (χ4v) is 2.33. The molecule has 1 aromatic rings. The van der Waals surface area contributed by atoms with Gasteiger partial charge in [0.25, 0.3) is 5.91 Å². The minimum absolute atomic E-state index is 0.0110. The number of carbonyl (C=O) groups is 2. The highest BCUT2D eigenvalue weighted by atomic mass is 16.4. The second kappa shape index (κ2) is 4.80. The summed E-state index contributed by atoms with van der Waals surface area (Å²) in [5.74, 6) is -1.33. The first kappa shape index (κ1) is 12.6. The van der Waals surface area contributed by atoms with Gasteiger partial charge in [0.2, 0.25) is 0 Å². The number of nitrogens with zero attached hydrogens (tertiary/aromatic N) is 1. The van der Waals surface area contributed by atoms with E-state index in [0.29, 0.717) is 18.7 Å². The van der Waals surface area contributed by atoms with Crippen molar-refractivity contribution < 1.29 is 14.7 Å². The molecule has 0 saturated carbocycles. The summed E-state index contributed by atoms with van der Waals surface area (Å²) >= 11 is 0. The molecule has 0 aromatic heterocycles. The second-order valence-corrected chi connectivity index (χ2v) is 5.00. The smallest absolute Gasteiger partial charge is 0.308 e. The average molecular weight is 247 g/mol. The van der Waals surface area contributed by atoms with Crippen molar-refractivity contribution in [3.05, 3.63) is 35.4 Å². The molecule has 4 nitrogen and oxygen atoms in total. The standard InChI is InChI=1S/C14H17NO3/c1-9-3-5-11(6-4-9)13(16)15-7-10(2)12(8-15)14(17)18/h3-6,10,12H,7-8H2,1-2H3,(H,17,18). The lowest BCUT2D eigenvalue weighted by Crippen LogP contribution is -2.29. The minimum atomic E-state index is -0.818. The molecule has 1 aromatic carbocycles. The van der Waals surface area contributed by atoms with Gasteiger partial charge in [0.05, 0.1) is 5.92 Å². The average Bonchev–Trinajstić information content (AvgIpc) is 2.71. The van der Waals surface area contributed by atoms with Crippen LogP contribution in [-0.2, 0) is 4.79 Å². The Morgan fingerprint density at radius 2 is 1.83 bits per heavy atom. The van der Waals surface area contributed by atoms with Crippen molar-refractivity contribution in [3.8, 4) is 0 Å². The minimum Gasteiger partial charge on any atom is -0.481 e. The molecule has 1 heterocycles. The lowest BCUT2D eigenvalue weighted by molar-refractivity contribution is -0.142. The third-order valence-electron chi connectivity index (χ3n) is 3.52. The van der Waals surface area contributed by atoms with Gasteiger partial charge in [-0.2, -0.15) is 0 Å². The summed E-state index contributed by atoms with van der Waals surface area (Å²) in [6.07, 6.45) is 0. The topological polar surface area (TPSA) is 57.6 Å². The summed E-state index contributed by atoms with van der Waals surface area (Å²) in [5, 5.41) is 9.05. The number of amides is 1. The van der Waals surface area contributed by atoms with E-state index in [-0.39, 0.29) is 11.8 Å². The van der Waals surface area contributed by atoms with Crippen LogP contribution in [0.2, 0.25) is 0 Å². The van der Waals surface area contributed by atoms with Gasteiger partial charge in [0, 0.05) is 18.7 Å². The molecule has 1 saturated heterocycles. The molecule has 0 aliphatic carbocycles. The largest absolute Gasteiger partial charge is 0.481 e. The van der Waals surface area contributed by atoms with Crippen molar-refractivity contribution in [2.45, 2.75) is 13.8 Å². The number of carbonyl (C=O) groups excluding carboxylic acids is 1. The molecule has 1 aliphatic rings. The molecule has 0 bridgehead atoms. The number of carboxylic acids is 1. The maximum absolute atomic E-state index is 12.2. The summed E-state index contributed by atoms with van der Waals surface area (Å²) < 4.78 is 0. The van der Waals surface area contributed by atoms with E-state index in [0.717, 1.165) is 5.56 Å². The third-order valence-corrected chi connectivity index (χ3v) is 3.52. The predicted molar refractivity (Wildman–Crippen MR) is 67.4 cm³/mol. The van der Waals surface area contributed by atoms with Crippen LogP contribution in [0, 0.1) is 18.8 Å². The van der Waals surface area contributed by atoms with Crippen molar-refractivity contribution in [1.82, 2.24) is 4.90 Å². The Bertz CT molecular complexity index is 466. The van der Waals surface area contributed by atoms with Gasteiger partial charge in [-0.1, -0.05) is 24.6 Å². The quantitative estimate of drug-likeness (QED) is 0.866. The van der Waals surface area contributed by atoms with Gasteiger partial charge in [0.15, 0.2) is 0 Å². The van der Waals surface area contributed by atoms with Crippen molar-refractivity contribution in [3.63, 3.8) is 0 Å². The summed E-state index contributed by atoms with van der Waals surface area (Å²) in [6.45, 7) is 4.67. The molecule has 4 heteroatoms. The normalized spacial score (nSPS) is 23.1. The Kier molecular flexibility index (Phi) is 3.36. The van der Waals surface area contributed by atoms with Crippen LogP contribution in [0.4, 0.5) is 0 Å². The lowest BCUT2D eigenvalue weighted by atomic mass is 9.99. The predicted octanol–water partition coefficient (Wildman–Crippen LogP) is 1.79. The summed E-state index contributed by atoms with van der Waals surface area (Å²) in [5.41, 5.74) is 1.73. The van der Waals surface area contributed by atoms with Crippen LogP contribution in [0.1, 0.15) is 22.8 Å².